The number of fused-ring (bicyclic) bond motifs is 1. The van der Waals surface area contributed by atoms with Crippen LogP contribution in [0.5, 0.6) is 0 Å². The Balaban J connectivity index is 1.67. The van der Waals surface area contributed by atoms with Gasteiger partial charge in [-0.2, -0.15) is 0 Å². The Morgan fingerprint density at radius 1 is 1.18 bits per heavy atom. The van der Waals surface area contributed by atoms with Gasteiger partial charge in [0, 0.05) is 32.1 Å². The van der Waals surface area contributed by atoms with Crippen LogP contribution in [0.1, 0.15) is 41.5 Å². The topological polar surface area (TPSA) is 110 Å². The van der Waals surface area contributed by atoms with Gasteiger partial charge in [0.1, 0.15) is 5.82 Å². The number of carbonyl (C=O) groups excluding carboxylic acids is 2. The van der Waals surface area contributed by atoms with E-state index in [1.807, 2.05) is 41.9 Å². The number of benzene rings is 2. The summed E-state index contributed by atoms with van der Waals surface area (Å²) in [6, 6.07) is 13.4. The number of imidazole rings is 1. The number of aryl methyl sites for hydroxylation is 1. The first kappa shape index (κ1) is 23.0. The Morgan fingerprint density at radius 2 is 1.94 bits per heavy atom. The third-order valence-electron chi connectivity index (χ3n) is 5.99. The van der Waals surface area contributed by atoms with Gasteiger partial charge in [0.25, 0.3) is 5.91 Å². The van der Waals surface area contributed by atoms with Crippen LogP contribution >= 0.6 is 0 Å². The summed E-state index contributed by atoms with van der Waals surface area (Å²) in [4.78, 5) is 29.9. The molecule has 2 aromatic carbocycles. The summed E-state index contributed by atoms with van der Waals surface area (Å²) in [5.41, 5.74) is 3.29. The monoisotopic (exact) mass is 468 g/mol. The highest BCUT2D eigenvalue weighted by Gasteiger charge is 2.28. The third kappa shape index (κ3) is 5.24. The molecule has 1 aromatic heterocycles. The second-order valence-electron chi connectivity index (χ2n) is 8.52. The average molecular weight is 469 g/mol. The van der Waals surface area contributed by atoms with Crippen molar-refractivity contribution in [1.29, 1.82) is 0 Å². The van der Waals surface area contributed by atoms with Crippen molar-refractivity contribution in [3.05, 3.63) is 59.4 Å². The van der Waals surface area contributed by atoms with Gasteiger partial charge in [-0.25, -0.2) is 13.4 Å². The van der Waals surface area contributed by atoms with E-state index < -0.39 is 9.84 Å². The van der Waals surface area contributed by atoms with Crippen LogP contribution in [0.15, 0.2) is 42.5 Å². The van der Waals surface area contributed by atoms with E-state index in [-0.39, 0.29) is 29.2 Å². The molecule has 2 N–H and O–H groups in total. The maximum absolute atomic E-state index is 13.2. The lowest BCUT2D eigenvalue weighted by atomic mass is 10.1. The van der Waals surface area contributed by atoms with Gasteiger partial charge in [-0.05, 0) is 30.0 Å². The summed E-state index contributed by atoms with van der Waals surface area (Å²) in [6.45, 7) is 2.05. The Hall–Kier alpha value is -3.20. The molecule has 8 nitrogen and oxygen atoms in total. The van der Waals surface area contributed by atoms with Crippen molar-refractivity contribution in [1.82, 2.24) is 14.9 Å². The van der Waals surface area contributed by atoms with Crippen LogP contribution in [-0.2, 0) is 28.1 Å². The Labute approximate surface area is 193 Å². The van der Waals surface area contributed by atoms with Gasteiger partial charge in [-0.15, -0.1) is 0 Å². The number of sulfone groups is 1. The van der Waals surface area contributed by atoms with Gasteiger partial charge in [0.2, 0.25) is 5.91 Å². The van der Waals surface area contributed by atoms with Crippen LogP contribution in [-0.4, -0.2) is 47.8 Å². The molecular formula is C24H28N4O4S. The zero-order valence-electron chi connectivity index (χ0n) is 18.8. The van der Waals surface area contributed by atoms with Gasteiger partial charge in [-0.3, -0.25) is 9.59 Å². The Kier molecular flexibility index (Phi) is 6.51. The van der Waals surface area contributed by atoms with Crippen LogP contribution < -0.4 is 10.6 Å². The molecule has 1 atom stereocenters. The van der Waals surface area contributed by atoms with Gasteiger partial charge >= 0.3 is 0 Å². The average Bonchev–Trinajstić information content (AvgIpc) is 3.30. The number of rotatable bonds is 7. The Morgan fingerprint density at radius 3 is 2.61 bits per heavy atom. The molecule has 0 spiro atoms. The molecule has 9 heteroatoms. The molecule has 0 saturated carbocycles. The molecule has 1 unspecified atom stereocenters. The maximum Gasteiger partial charge on any atom is 0.253 e. The molecule has 1 fully saturated rings. The second-order valence-corrected chi connectivity index (χ2v) is 10.8. The molecule has 4 rings (SSSR count). The van der Waals surface area contributed by atoms with Crippen molar-refractivity contribution in [3.63, 3.8) is 0 Å². The van der Waals surface area contributed by atoms with Crippen molar-refractivity contribution in [2.45, 2.75) is 26.2 Å². The van der Waals surface area contributed by atoms with Crippen molar-refractivity contribution >= 4 is 38.4 Å². The van der Waals surface area contributed by atoms with E-state index in [0.29, 0.717) is 48.1 Å². The molecule has 1 saturated heterocycles. The number of hydrogen-bond donors (Lipinski definition) is 2. The molecule has 1 aliphatic heterocycles. The fraction of sp³-hybridized carbons (Fsp3) is 0.375. The van der Waals surface area contributed by atoms with Crippen LogP contribution in [0.4, 0.5) is 5.69 Å². The van der Waals surface area contributed by atoms with E-state index in [4.69, 9.17) is 4.98 Å². The quantitative estimate of drug-likeness (QED) is 0.554. The van der Waals surface area contributed by atoms with Crippen LogP contribution in [0.3, 0.4) is 0 Å². The summed E-state index contributed by atoms with van der Waals surface area (Å²) in [5, 5.41) is 5.71. The van der Waals surface area contributed by atoms with E-state index in [1.165, 1.54) is 0 Å². The zero-order chi connectivity index (χ0) is 23.6. The standard InChI is InChI=1S/C24H28N4O4S/c1-3-22(29)26-18-12-19(24(30)25-14-17-9-10-33(31,32)15-17)23-20(13-18)27-21(28(23)2)11-16-7-5-4-6-8-16/h4-8,12-13,17H,3,9-11,14-15H2,1-2H3,(H,25,30)(H,26,29). The summed E-state index contributed by atoms with van der Waals surface area (Å²) in [5.74, 6) is 0.510. The molecule has 174 valence electrons. The van der Waals surface area contributed by atoms with Gasteiger partial charge in [-0.1, -0.05) is 37.3 Å². The minimum atomic E-state index is -3.01. The van der Waals surface area contributed by atoms with Crippen molar-refractivity contribution in [2.75, 3.05) is 23.4 Å². The molecule has 0 aliphatic carbocycles. The van der Waals surface area contributed by atoms with Crippen molar-refractivity contribution in [3.8, 4) is 0 Å². The number of aromatic nitrogens is 2. The molecule has 0 radical (unpaired) electrons. The molecule has 0 bridgehead atoms. The first-order chi connectivity index (χ1) is 15.8. The number of carbonyl (C=O) groups is 2. The largest absolute Gasteiger partial charge is 0.352 e. The summed E-state index contributed by atoms with van der Waals surface area (Å²) < 4.78 is 25.4. The van der Waals surface area contributed by atoms with Gasteiger partial charge in [0.15, 0.2) is 9.84 Å². The minimum absolute atomic E-state index is 0.0856. The molecule has 1 aliphatic rings. The number of hydrogen-bond acceptors (Lipinski definition) is 5. The Bertz CT molecular complexity index is 1300. The highest BCUT2D eigenvalue weighted by molar-refractivity contribution is 7.91. The smallest absolute Gasteiger partial charge is 0.253 e. The summed E-state index contributed by atoms with van der Waals surface area (Å²) in [7, 11) is -1.14. The van der Waals surface area contributed by atoms with E-state index in [2.05, 4.69) is 10.6 Å². The molecule has 2 amide bonds. The third-order valence-corrected chi connectivity index (χ3v) is 7.83. The molecule has 2 heterocycles. The van der Waals surface area contributed by atoms with E-state index in [1.54, 1.807) is 19.1 Å². The normalized spacial score (nSPS) is 17.2. The van der Waals surface area contributed by atoms with Crippen LogP contribution in [0.2, 0.25) is 0 Å². The predicted molar refractivity (Wildman–Crippen MR) is 128 cm³/mol. The number of amides is 2. The molecule has 33 heavy (non-hydrogen) atoms. The maximum atomic E-state index is 13.2. The first-order valence-corrected chi connectivity index (χ1v) is 12.9. The van der Waals surface area contributed by atoms with Gasteiger partial charge < -0.3 is 15.2 Å². The lowest BCUT2D eigenvalue weighted by molar-refractivity contribution is -0.115. The fourth-order valence-corrected chi connectivity index (χ4v) is 6.06. The number of nitrogens with one attached hydrogen (secondary N) is 2. The van der Waals surface area contributed by atoms with Gasteiger partial charge in [0.05, 0.1) is 28.1 Å². The summed E-state index contributed by atoms with van der Waals surface area (Å²) in [6.07, 6.45) is 1.47. The highest BCUT2D eigenvalue weighted by atomic mass is 32.2. The van der Waals surface area contributed by atoms with E-state index >= 15 is 0 Å². The highest BCUT2D eigenvalue weighted by Crippen LogP contribution is 2.26. The van der Waals surface area contributed by atoms with E-state index in [9.17, 15) is 18.0 Å². The lowest BCUT2D eigenvalue weighted by Gasteiger charge is -2.13. The molecule has 3 aromatic rings. The van der Waals surface area contributed by atoms with Crippen LogP contribution in [0.25, 0.3) is 11.0 Å². The second kappa shape index (κ2) is 9.35. The summed E-state index contributed by atoms with van der Waals surface area (Å²) >= 11 is 0. The predicted octanol–water partition coefficient (Wildman–Crippen LogP) is 2.68. The molecular weight excluding hydrogens is 440 g/mol. The number of anilines is 1. The van der Waals surface area contributed by atoms with Crippen molar-refractivity contribution < 1.29 is 18.0 Å². The zero-order valence-corrected chi connectivity index (χ0v) is 19.6. The SMILES string of the molecule is CCC(=O)Nc1cc(C(=O)NCC2CCS(=O)(=O)C2)c2c(c1)nc(Cc1ccccc1)n2C. The van der Waals surface area contributed by atoms with Crippen LogP contribution in [0, 0.1) is 5.92 Å². The van der Waals surface area contributed by atoms with Crippen molar-refractivity contribution in [2.24, 2.45) is 13.0 Å². The minimum Gasteiger partial charge on any atom is -0.352 e. The fourth-order valence-electron chi connectivity index (χ4n) is 4.20. The lowest BCUT2D eigenvalue weighted by Crippen LogP contribution is -2.30. The number of nitrogens with zero attached hydrogens (tertiary/aromatic N) is 2. The first-order valence-electron chi connectivity index (χ1n) is 11.1. The van der Waals surface area contributed by atoms with E-state index in [0.717, 1.165) is 11.4 Å².